The summed E-state index contributed by atoms with van der Waals surface area (Å²) in [6.45, 7) is 4.79. The average molecular weight is 435 g/mol. The van der Waals surface area contributed by atoms with E-state index in [9.17, 15) is 19.2 Å². The molecule has 170 valence electrons. The number of amidine groups is 1. The van der Waals surface area contributed by atoms with E-state index in [4.69, 9.17) is 21.0 Å². The van der Waals surface area contributed by atoms with Crippen LogP contribution in [0.1, 0.15) is 44.7 Å². The molecule has 0 radical (unpaired) electrons. The Morgan fingerprint density at radius 1 is 1.13 bits per heavy atom. The van der Waals surface area contributed by atoms with Crippen LogP contribution in [0.25, 0.3) is 0 Å². The number of alkyl carbamates (subject to hydrolysis) is 1. The lowest BCUT2D eigenvalue weighted by atomic mass is 10.1. The van der Waals surface area contributed by atoms with E-state index < -0.39 is 35.5 Å². The van der Waals surface area contributed by atoms with Gasteiger partial charge in [0.05, 0.1) is 6.54 Å². The van der Waals surface area contributed by atoms with Crippen LogP contribution in [0, 0.1) is 5.41 Å². The maximum atomic E-state index is 12.4. The number of carboxylic acids is 1. The maximum absolute atomic E-state index is 12.4. The summed E-state index contributed by atoms with van der Waals surface area (Å²) in [5.74, 6) is -2.36. The number of nitrogen functional groups attached to an aromatic ring is 1. The van der Waals surface area contributed by atoms with Crippen LogP contribution >= 0.6 is 0 Å². The van der Waals surface area contributed by atoms with Crippen LogP contribution in [-0.2, 0) is 25.7 Å². The standard InChI is InChI=1S/C20H29N5O6/c1-20(2,3)31-19(30)25-14(8-9-16(27)28)18(29)24-11-15(26)23-10-12-4-6-13(7-5-12)17(21)22/h4-7,14H,8-11H2,1-3H3,(H3,21,22)(H,23,26)(H,24,29)(H,25,30)(H,27,28)/t14-/m0/s1. The molecule has 0 fully saturated rings. The quantitative estimate of drug-likeness (QED) is 0.228. The molecule has 1 aromatic rings. The van der Waals surface area contributed by atoms with Crippen LogP contribution in [0.15, 0.2) is 24.3 Å². The molecule has 1 aromatic carbocycles. The first-order chi connectivity index (χ1) is 14.4. The third-order valence-electron chi connectivity index (χ3n) is 3.83. The molecule has 1 rings (SSSR count). The van der Waals surface area contributed by atoms with Gasteiger partial charge in [-0.05, 0) is 32.8 Å². The van der Waals surface area contributed by atoms with Gasteiger partial charge in [-0.3, -0.25) is 19.8 Å². The van der Waals surface area contributed by atoms with Gasteiger partial charge < -0.3 is 31.5 Å². The van der Waals surface area contributed by atoms with E-state index in [-0.39, 0.29) is 31.8 Å². The van der Waals surface area contributed by atoms with Crippen molar-refractivity contribution in [2.24, 2.45) is 5.73 Å². The molecule has 1 atom stereocenters. The number of hydrogen-bond acceptors (Lipinski definition) is 6. The van der Waals surface area contributed by atoms with E-state index >= 15 is 0 Å². The van der Waals surface area contributed by atoms with Gasteiger partial charge in [-0.15, -0.1) is 0 Å². The smallest absolute Gasteiger partial charge is 0.408 e. The Kier molecular flexibility index (Phi) is 9.45. The predicted octanol–water partition coefficient (Wildman–Crippen LogP) is 0.461. The van der Waals surface area contributed by atoms with E-state index in [2.05, 4.69) is 16.0 Å². The minimum absolute atomic E-state index is 0.0595. The number of rotatable bonds is 10. The van der Waals surface area contributed by atoms with Crippen LogP contribution in [-0.4, -0.2) is 53.0 Å². The highest BCUT2D eigenvalue weighted by atomic mass is 16.6. The molecule has 0 aliphatic heterocycles. The van der Waals surface area contributed by atoms with Crippen molar-refractivity contribution in [3.63, 3.8) is 0 Å². The van der Waals surface area contributed by atoms with E-state index in [1.54, 1.807) is 45.0 Å². The van der Waals surface area contributed by atoms with Gasteiger partial charge in [0.25, 0.3) is 0 Å². The molecule has 0 aromatic heterocycles. The van der Waals surface area contributed by atoms with Crippen molar-refractivity contribution in [1.82, 2.24) is 16.0 Å². The molecule has 0 saturated carbocycles. The van der Waals surface area contributed by atoms with Gasteiger partial charge in [-0.1, -0.05) is 24.3 Å². The number of hydrogen-bond donors (Lipinski definition) is 6. The fourth-order valence-corrected chi connectivity index (χ4v) is 2.34. The molecule has 0 saturated heterocycles. The topological polar surface area (TPSA) is 184 Å². The number of carboxylic acid groups (broad SMARTS) is 1. The average Bonchev–Trinajstić information content (AvgIpc) is 2.66. The Morgan fingerprint density at radius 2 is 1.74 bits per heavy atom. The summed E-state index contributed by atoms with van der Waals surface area (Å²) in [6.07, 6.45) is -1.38. The third-order valence-corrected chi connectivity index (χ3v) is 3.83. The highest BCUT2D eigenvalue weighted by Gasteiger charge is 2.25. The zero-order valence-corrected chi connectivity index (χ0v) is 17.8. The Labute approximate surface area is 180 Å². The van der Waals surface area contributed by atoms with E-state index in [1.165, 1.54) is 0 Å². The van der Waals surface area contributed by atoms with Crippen LogP contribution in [0.5, 0.6) is 0 Å². The van der Waals surface area contributed by atoms with Gasteiger partial charge >= 0.3 is 12.1 Å². The van der Waals surface area contributed by atoms with Gasteiger partial charge in [-0.25, -0.2) is 4.79 Å². The second-order valence-corrected chi connectivity index (χ2v) is 7.74. The molecule has 0 heterocycles. The van der Waals surface area contributed by atoms with Crippen molar-refractivity contribution in [2.75, 3.05) is 6.54 Å². The van der Waals surface area contributed by atoms with Gasteiger partial charge in [0.2, 0.25) is 11.8 Å². The van der Waals surface area contributed by atoms with Crippen LogP contribution in [0.3, 0.4) is 0 Å². The molecule has 31 heavy (non-hydrogen) atoms. The molecular formula is C20H29N5O6. The van der Waals surface area contributed by atoms with Gasteiger partial charge in [-0.2, -0.15) is 0 Å². The SMILES string of the molecule is CC(C)(C)OC(=O)N[C@@H](CCC(=O)O)C(=O)NCC(=O)NCc1ccc(C(=N)N)cc1. The normalized spacial score (nSPS) is 11.7. The van der Waals surface area contributed by atoms with Gasteiger partial charge in [0.15, 0.2) is 0 Å². The molecule has 7 N–H and O–H groups in total. The summed E-state index contributed by atoms with van der Waals surface area (Å²) in [7, 11) is 0. The first kappa shape index (κ1) is 25.4. The number of nitrogens with two attached hydrogens (primary N) is 1. The number of nitrogens with one attached hydrogen (secondary N) is 4. The van der Waals surface area contributed by atoms with E-state index in [0.29, 0.717) is 5.56 Å². The summed E-state index contributed by atoms with van der Waals surface area (Å²) in [5, 5.41) is 23.5. The van der Waals surface area contributed by atoms with Crippen molar-refractivity contribution in [3.8, 4) is 0 Å². The Balaban J connectivity index is 2.56. The molecule has 3 amide bonds. The highest BCUT2D eigenvalue weighted by molar-refractivity contribution is 5.95. The summed E-state index contributed by atoms with van der Waals surface area (Å²) in [5.41, 5.74) is 5.93. The molecule has 0 unspecified atom stereocenters. The molecule has 0 aliphatic carbocycles. The summed E-state index contributed by atoms with van der Waals surface area (Å²) >= 11 is 0. The van der Waals surface area contributed by atoms with Crippen LogP contribution in [0.4, 0.5) is 4.79 Å². The minimum atomic E-state index is -1.17. The number of carbonyl (C=O) groups is 4. The third kappa shape index (κ3) is 10.6. The maximum Gasteiger partial charge on any atom is 0.408 e. The second kappa shape index (κ2) is 11.5. The summed E-state index contributed by atoms with van der Waals surface area (Å²) < 4.78 is 5.08. The lowest BCUT2D eigenvalue weighted by molar-refractivity contribution is -0.137. The fraction of sp³-hybridized carbons (Fsp3) is 0.450. The van der Waals surface area contributed by atoms with Crippen LogP contribution < -0.4 is 21.7 Å². The Hall–Kier alpha value is -3.63. The first-order valence-corrected chi connectivity index (χ1v) is 9.56. The van der Waals surface area contributed by atoms with E-state index in [1.807, 2.05) is 0 Å². The minimum Gasteiger partial charge on any atom is -0.481 e. The van der Waals surface area contributed by atoms with E-state index in [0.717, 1.165) is 5.56 Å². The van der Waals surface area contributed by atoms with Gasteiger partial charge in [0, 0.05) is 18.5 Å². The number of benzene rings is 1. The lowest BCUT2D eigenvalue weighted by Crippen LogP contribution is -2.50. The van der Waals surface area contributed by atoms with Gasteiger partial charge in [0.1, 0.15) is 17.5 Å². The van der Waals surface area contributed by atoms with Crippen molar-refractivity contribution < 1.29 is 29.0 Å². The Bertz CT molecular complexity index is 816. The number of ether oxygens (including phenoxy) is 1. The summed E-state index contributed by atoms with van der Waals surface area (Å²) in [6, 6.07) is 5.56. The zero-order chi connectivity index (χ0) is 23.6. The predicted molar refractivity (Wildman–Crippen MR) is 112 cm³/mol. The highest BCUT2D eigenvalue weighted by Crippen LogP contribution is 2.08. The lowest BCUT2D eigenvalue weighted by Gasteiger charge is -2.23. The number of amides is 3. The number of aliphatic carboxylic acids is 1. The first-order valence-electron chi connectivity index (χ1n) is 9.56. The van der Waals surface area contributed by atoms with Crippen molar-refractivity contribution in [3.05, 3.63) is 35.4 Å². The molecule has 0 spiro atoms. The Morgan fingerprint density at radius 3 is 2.26 bits per heavy atom. The second-order valence-electron chi connectivity index (χ2n) is 7.74. The van der Waals surface area contributed by atoms with Crippen molar-refractivity contribution in [2.45, 2.75) is 51.8 Å². The fourth-order valence-electron chi connectivity index (χ4n) is 2.34. The van der Waals surface area contributed by atoms with Crippen molar-refractivity contribution in [1.29, 1.82) is 5.41 Å². The van der Waals surface area contributed by atoms with Crippen LogP contribution in [0.2, 0.25) is 0 Å². The molecular weight excluding hydrogens is 406 g/mol. The monoisotopic (exact) mass is 435 g/mol. The van der Waals surface area contributed by atoms with Crippen molar-refractivity contribution >= 4 is 29.7 Å². The molecule has 0 bridgehead atoms. The summed E-state index contributed by atoms with van der Waals surface area (Å²) in [4.78, 5) is 47.1. The molecule has 0 aliphatic rings. The molecule has 11 nitrogen and oxygen atoms in total. The zero-order valence-electron chi connectivity index (χ0n) is 17.8. The number of carbonyl (C=O) groups excluding carboxylic acids is 3. The largest absolute Gasteiger partial charge is 0.481 e. The molecule has 11 heteroatoms.